The SMILES string of the molecule is O=S(=O)(Nc1cccc(-c2ccc3nnc(-c4cccs4)n3n2)c1)c1cc(F)ccc1F. The molecule has 0 saturated heterocycles. The Morgan fingerprint density at radius 3 is 2.62 bits per heavy atom. The minimum Gasteiger partial charge on any atom is -0.280 e. The van der Waals surface area contributed by atoms with Gasteiger partial charge in [-0.1, -0.05) is 18.2 Å². The molecule has 11 heteroatoms. The zero-order chi connectivity index (χ0) is 22.3. The average molecular weight is 469 g/mol. The molecule has 0 unspecified atom stereocenters. The fourth-order valence-corrected chi connectivity index (χ4v) is 4.97. The number of anilines is 1. The highest BCUT2D eigenvalue weighted by Crippen LogP contribution is 2.27. The fourth-order valence-electron chi connectivity index (χ4n) is 3.14. The van der Waals surface area contributed by atoms with Gasteiger partial charge in [0, 0.05) is 11.3 Å². The van der Waals surface area contributed by atoms with Gasteiger partial charge in [-0.3, -0.25) is 4.72 Å². The molecule has 0 fully saturated rings. The molecule has 5 aromatic rings. The van der Waals surface area contributed by atoms with Crippen molar-refractivity contribution in [3.8, 4) is 22.0 Å². The summed E-state index contributed by atoms with van der Waals surface area (Å²) in [7, 11) is -4.34. The minimum atomic E-state index is -4.34. The van der Waals surface area contributed by atoms with Crippen molar-refractivity contribution in [3.63, 3.8) is 0 Å². The van der Waals surface area contributed by atoms with Crippen LogP contribution in [-0.4, -0.2) is 28.2 Å². The highest BCUT2D eigenvalue weighted by atomic mass is 32.2. The molecule has 32 heavy (non-hydrogen) atoms. The van der Waals surface area contributed by atoms with Gasteiger partial charge in [0.2, 0.25) is 0 Å². The maximum Gasteiger partial charge on any atom is 0.264 e. The molecule has 0 aliphatic rings. The fraction of sp³-hybridized carbons (Fsp3) is 0. The number of aromatic nitrogens is 4. The normalized spacial score (nSPS) is 11.7. The number of thiophene rings is 1. The maximum atomic E-state index is 14.0. The first kappa shape index (κ1) is 20.2. The Morgan fingerprint density at radius 2 is 1.81 bits per heavy atom. The third-order valence-electron chi connectivity index (χ3n) is 4.60. The Bertz CT molecular complexity index is 1550. The van der Waals surface area contributed by atoms with Crippen LogP contribution in [0.2, 0.25) is 0 Å². The summed E-state index contributed by atoms with van der Waals surface area (Å²) in [4.78, 5) is 0.133. The third-order valence-corrected chi connectivity index (χ3v) is 6.86. The highest BCUT2D eigenvalue weighted by Gasteiger charge is 2.20. The molecule has 0 amide bonds. The molecule has 0 spiro atoms. The van der Waals surface area contributed by atoms with Crippen molar-refractivity contribution < 1.29 is 17.2 Å². The minimum absolute atomic E-state index is 0.176. The second-order valence-electron chi connectivity index (χ2n) is 6.75. The largest absolute Gasteiger partial charge is 0.280 e. The van der Waals surface area contributed by atoms with E-state index in [2.05, 4.69) is 20.0 Å². The van der Waals surface area contributed by atoms with E-state index in [4.69, 9.17) is 0 Å². The van der Waals surface area contributed by atoms with E-state index in [1.165, 1.54) is 17.4 Å². The van der Waals surface area contributed by atoms with Crippen LogP contribution in [0, 0.1) is 11.6 Å². The predicted molar refractivity (Wildman–Crippen MR) is 117 cm³/mol. The Hall–Kier alpha value is -3.70. The van der Waals surface area contributed by atoms with E-state index in [0.717, 1.165) is 17.0 Å². The quantitative estimate of drug-likeness (QED) is 0.406. The summed E-state index contributed by atoms with van der Waals surface area (Å²) in [5.41, 5.74) is 1.90. The van der Waals surface area contributed by atoms with E-state index in [1.54, 1.807) is 34.8 Å². The molecular formula is C21H13F2N5O2S2. The molecule has 0 atom stereocenters. The standard InChI is InChI=1S/C21H13F2N5O2S2/c22-14-6-7-16(23)19(12-14)32(29,30)27-15-4-1-3-13(11-15)17-8-9-20-24-25-21(28(20)26-17)18-5-2-10-31-18/h1-12,27H. The number of halogens is 2. The lowest BCUT2D eigenvalue weighted by molar-refractivity contribution is 0.555. The van der Waals surface area contributed by atoms with Crippen molar-refractivity contribution in [2.75, 3.05) is 4.72 Å². The highest BCUT2D eigenvalue weighted by molar-refractivity contribution is 7.92. The Kier molecular flexibility index (Phi) is 4.91. The van der Waals surface area contributed by atoms with Gasteiger partial charge in [0.1, 0.15) is 16.5 Å². The van der Waals surface area contributed by atoms with Gasteiger partial charge in [-0.2, -0.15) is 9.61 Å². The van der Waals surface area contributed by atoms with Crippen LogP contribution in [0.15, 0.2) is 77.0 Å². The molecule has 2 aromatic carbocycles. The van der Waals surface area contributed by atoms with E-state index >= 15 is 0 Å². The summed E-state index contributed by atoms with van der Waals surface area (Å²) in [6, 6.07) is 16.0. The number of hydrogen-bond acceptors (Lipinski definition) is 6. The zero-order valence-corrected chi connectivity index (χ0v) is 17.7. The Labute approximate surface area is 185 Å². The summed E-state index contributed by atoms with van der Waals surface area (Å²) >= 11 is 1.51. The number of hydrogen-bond donors (Lipinski definition) is 1. The molecule has 0 aliphatic carbocycles. The number of fused-ring (bicyclic) bond motifs is 1. The summed E-state index contributed by atoms with van der Waals surface area (Å²) in [5, 5.41) is 14.8. The van der Waals surface area contributed by atoms with E-state index in [-0.39, 0.29) is 5.69 Å². The van der Waals surface area contributed by atoms with E-state index in [0.29, 0.717) is 28.8 Å². The lowest BCUT2D eigenvalue weighted by atomic mass is 10.1. The summed E-state index contributed by atoms with van der Waals surface area (Å²) in [6.07, 6.45) is 0. The van der Waals surface area contributed by atoms with Gasteiger partial charge in [0.25, 0.3) is 10.0 Å². The van der Waals surface area contributed by atoms with Crippen LogP contribution >= 0.6 is 11.3 Å². The van der Waals surface area contributed by atoms with Gasteiger partial charge in [-0.05, 0) is 53.9 Å². The molecule has 7 nitrogen and oxygen atoms in total. The third kappa shape index (κ3) is 3.72. The summed E-state index contributed by atoms with van der Waals surface area (Å²) < 4.78 is 56.5. The lowest BCUT2D eigenvalue weighted by Crippen LogP contribution is -2.15. The number of benzene rings is 2. The Balaban J connectivity index is 1.51. The summed E-state index contributed by atoms with van der Waals surface area (Å²) in [6.45, 7) is 0. The first-order chi connectivity index (χ1) is 15.4. The van der Waals surface area contributed by atoms with Crippen molar-refractivity contribution in [2.45, 2.75) is 4.90 Å². The molecule has 0 radical (unpaired) electrons. The first-order valence-electron chi connectivity index (χ1n) is 9.25. The van der Waals surface area contributed by atoms with Crippen LogP contribution < -0.4 is 4.72 Å². The molecule has 1 N–H and O–H groups in total. The van der Waals surface area contributed by atoms with Crippen molar-refractivity contribution >= 4 is 32.7 Å². The number of nitrogens with one attached hydrogen (secondary N) is 1. The van der Waals surface area contributed by atoms with Crippen LogP contribution in [0.4, 0.5) is 14.5 Å². The molecule has 0 bridgehead atoms. The van der Waals surface area contributed by atoms with Crippen molar-refractivity contribution in [1.29, 1.82) is 0 Å². The van der Waals surface area contributed by atoms with E-state index in [1.807, 2.05) is 17.5 Å². The summed E-state index contributed by atoms with van der Waals surface area (Å²) in [5.74, 6) is -1.31. The topological polar surface area (TPSA) is 89.2 Å². The van der Waals surface area contributed by atoms with Crippen LogP contribution in [0.5, 0.6) is 0 Å². The van der Waals surface area contributed by atoms with Crippen LogP contribution in [0.25, 0.3) is 27.6 Å². The molecule has 0 aliphatic heterocycles. The molecule has 3 heterocycles. The number of nitrogens with zero attached hydrogens (tertiary/aromatic N) is 4. The second-order valence-corrected chi connectivity index (χ2v) is 9.35. The van der Waals surface area contributed by atoms with Gasteiger partial charge >= 0.3 is 0 Å². The molecular weight excluding hydrogens is 456 g/mol. The zero-order valence-electron chi connectivity index (χ0n) is 16.1. The molecule has 160 valence electrons. The van der Waals surface area contributed by atoms with E-state index < -0.39 is 26.6 Å². The predicted octanol–water partition coefficient (Wildman–Crippen LogP) is 4.60. The van der Waals surface area contributed by atoms with Gasteiger partial charge in [0.15, 0.2) is 11.5 Å². The van der Waals surface area contributed by atoms with Crippen LogP contribution in [-0.2, 0) is 10.0 Å². The average Bonchev–Trinajstić information content (AvgIpc) is 3.44. The second kappa shape index (κ2) is 7.77. The van der Waals surface area contributed by atoms with E-state index in [9.17, 15) is 17.2 Å². The maximum absolute atomic E-state index is 14.0. The smallest absolute Gasteiger partial charge is 0.264 e. The number of sulfonamides is 1. The van der Waals surface area contributed by atoms with Gasteiger partial charge < -0.3 is 0 Å². The van der Waals surface area contributed by atoms with Crippen molar-refractivity contribution in [1.82, 2.24) is 19.8 Å². The van der Waals surface area contributed by atoms with Gasteiger partial charge in [0.05, 0.1) is 10.6 Å². The van der Waals surface area contributed by atoms with Crippen LogP contribution in [0.3, 0.4) is 0 Å². The van der Waals surface area contributed by atoms with Crippen molar-refractivity contribution in [2.24, 2.45) is 0 Å². The van der Waals surface area contributed by atoms with Gasteiger partial charge in [-0.15, -0.1) is 21.5 Å². The van der Waals surface area contributed by atoms with Crippen molar-refractivity contribution in [3.05, 3.63) is 83.7 Å². The molecule has 3 aromatic heterocycles. The van der Waals surface area contributed by atoms with Crippen LogP contribution in [0.1, 0.15) is 0 Å². The number of rotatable bonds is 5. The molecule has 0 saturated carbocycles. The lowest BCUT2D eigenvalue weighted by Gasteiger charge is -2.10. The Morgan fingerprint density at radius 1 is 0.938 bits per heavy atom. The van der Waals surface area contributed by atoms with Gasteiger partial charge in [-0.25, -0.2) is 17.2 Å². The monoisotopic (exact) mass is 469 g/mol. The first-order valence-corrected chi connectivity index (χ1v) is 11.6. The molecule has 5 rings (SSSR count).